The number of nitrogens with two attached hydrogens (primary N) is 1. The maximum absolute atomic E-state index is 14.1. The van der Waals surface area contributed by atoms with Gasteiger partial charge in [0.1, 0.15) is 5.82 Å². The molecular formula is C13H9BrClF2N. The highest BCUT2D eigenvalue weighted by Crippen LogP contribution is 2.34. The Balaban J connectivity index is 2.69. The van der Waals surface area contributed by atoms with Crippen LogP contribution in [0.2, 0.25) is 5.02 Å². The minimum absolute atomic E-state index is 0.0280. The summed E-state index contributed by atoms with van der Waals surface area (Å²) in [5, 5.41) is -0.0280. The van der Waals surface area contributed by atoms with E-state index in [0.717, 1.165) is 0 Å². The normalized spacial score (nSPS) is 10.7. The van der Waals surface area contributed by atoms with Gasteiger partial charge in [0, 0.05) is 16.6 Å². The SMILES string of the molecule is NCc1ccc(F)cc1-c1ccc(Br)c(Cl)c1F. The molecule has 0 heterocycles. The first-order valence-electron chi connectivity index (χ1n) is 5.17. The zero-order valence-electron chi connectivity index (χ0n) is 9.18. The average Bonchev–Trinajstić information content (AvgIpc) is 2.36. The Kier molecular flexibility index (Phi) is 4.00. The molecule has 2 N–H and O–H groups in total. The molecule has 0 aliphatic heterocycles. The number of hydrogen-bond acceptors (Lipinski definition) is 1. The van der Waals surface area contributed by atoms with Crippen LogP contribution in [0.4, 0.5) is 8.78 Å². The Morgan fingerprint density at radius 2 is 1.83 bits per heavy atom. The van der Waals surface area contributed by atoms with Crippen molar-refractivity contribution in [2.45, 2.75) is 6.54 Å². The fourth-order valence-electron chi connectivity index (χ4n) is 1.71. The third-order valence-corrected chi connectivity index (χ3v) is 3.88. The molecule has 0 bridgehead atoms. The van der Waals surface area contributed by atoms with Crippen LogP contribution in [0, 0.1) is 11.6 Å². The molecular weight excluding hydrogens is 324 g/mol. The maximum atomic E-state index is 14.1. The molecule has 0 aliphatic rings. The smallest absolute Gasteiger partial charge is 0.150 e. The van der Waals surface area contributed by atoms with E-state index in [4.69, 9.17) is 17.3 Å². The molecule has 0 aliphatic carbocycles. The van der Waals surface area contributed by atoms with Crippen molar-refractivity contribution in [1.82, 2.24) is 0 Å². The monoisotopic (exact) mass is 331 g/mol. The first-order chi connectivity index (χ1) is 8.54. The van der Waals surface area contributed by atoms with E-state index in [-0.39, 0.29) is 17.1 Å². The van der Waals surface area contributed by atoms with Crippen LogP contribution in [0.5, 0.6) is 0 Å². The lowest BCUT2D eigenvalue weighted by atomic mass is 9.99. The van der Waals surface area contributed by atoms with Crippen molar-refractivity contribution in [3.8, 4) is 11.1 Å². The van der Waals surface area contributed by atoms with E-state index < -0.39 is 11.6 Å². The zero-order valence-corrected chi connectivity index (χ0v) is 11.5. The first kappa shape index (κ1) is 13.5. The topological polar surface area (TPSA) is 26.0 Å². The van der Waals surface area contributed by atoms with Crippen LogP contribution in [0.15, 0.2) is 34.8 Å². The van der Waals surface area contributed by atoms with E-state index in [2.05, 4.69) is 15.9 Å². The largest absolute Gasteiger partial charge is 0.326 e. The average molecular weight is 333 g/mol. The van der Waals surface area contributed by atoms with Crippen molar-refractivity contribution in [3.05, 3.63) is 57.0 Å². The standard InChI is InChI=1S/C13H9BrClF2N/c14-11-4-3-9(13(17)12(11)15)10-5-8(16)2-1-7(10)6-18/h1-5H,6,18H2. The summed E-state index contributed by atoms with van der Waals surface area (Å²) in [7, 11) is 0. The van der Waals surface area contributed by atoms with Gasteiger partial charge < -0.3 is 5.73 Å². The fraction of sp³-hybridized carbons (Fsp3) is 0.0769. The van der Waals surface area contributed by atoms with Crippen LogP contribution in [0.1, 0.15) is 5.56 Å². The molecule has 0 saturated heterocycles. The molecule has 0 fully saturated rings. The van der Waals surface area contributed by atoms with Crippen LogP contribution in [-0.2, 0) is 6.54 Å². The second-order valence-corrected chi connectivity index (χ2v) is 4.96. The summed E-state index contributed by atoms with van der Waals surface area (Å²) in [5.41, 5.74) is 6.89. The van der Waals surface area contributed by atoms with Gasteiger partial charge in [0.2, 0.25) is 0 Å². The highest BCUT2D eigenvalue weighted by Gasteiger charge is 2.14. The fourth-order valence-corrected chi connectivity index (χ4v) is 2.18. The molecule has 94 valence electrons. The second-order valence-electron chi connectivity index (χ2n) is 3.73. The van der Waals surface area contributed by atoms with Gasteiger partial charge in [-0.2, -0.15) is 0 Å². The van der Waals surface area contributed by atoms with E-state index in [1.807, 2.05) is 0 Å². The zero-order chi connectivity index (χ0) is 13.3. The van der Waals surface area contributed by atoms with E-state index in [0.29, 0.717) is 15.6 Å². The molecule has 18 heavy (non-hydrogen) atoms. The third kappa shape index (κ3) is 2.41. The van der Waals surface area contributed by atoms with Gasteiger partial charge in [-0.1, -0.05) is 23.7 Å². The van der Waals surface area contributed by atoms with Crippen LogP contribution in [0.25, 0.3) is 11.1 Å². The number of halogens is 4. The third-order valence-electron chi connectivity index (χ3n) is 2.62. The van der Waals surface area contributed by atoms with Gasteiger partial charge in [0.05, 0.1) is 5.02 Å². The Morgan fingerprint density at radius 3 is 2.50 bits per heavy atom. The second kappa shape index (κ2) is 5.34. The molecule has 5 heteroatoms. The maximum Gasteiger partial charge on any atom is 0.150 e. The lowest BCUT2D eigenvalue weighted by Crippen LogP contribution is -2.00. The predicted molar refractivity (Wildman–Crippen MR) is 72.4 cm³/mol. The van der Waals surface area contributed by atoms with E-state index in [1.165, 1.54) is 12.1 Å². The molecule has 0 spiro atoms. The summed E-state index contributed by atoms with van der Waals surface area (Å²) in [6.45, 7) is 0.197. The van der Waals surface area contributed by atoms with E-state index >= 15 is 0 Å². The van der Waals surface area contributed by atoms with Crippen LogP contribution in [-0.4, -0.2) is 0 Å². The summed E-state index contributed by atoms with van der Waals surface area (Å²) in [6.07, 6.45) is 0. The molecule has 2 rings (SSSR count). The van der Waals surface area contributed by atoms with Gasteiger partial charge >= 0.3 is 0 Å². The van der Waals surface area contributed by atoms with Gasteiger partial charge in [-0.05, 0) is 45.3 Å². The summed E-state index contributed by atoms with van der Waals surface area (Å²) in [5.74, 6) is -1.04. The van der Waals surface area contributed by atoms with Gasteiger partial charge in [-0.25, -0.2) is 8.78 Å². The van der Waals surface area contributed by atoms with E-state index in [9.17, 15) is 8.78 Å². The van der Waals surface area contributed by atoms with Crippen molar-refractivity contribution in [2.75, 3.05) is 0 Å². The van der Waals surface area contributed by atoms with Crippen molar-refractivity contribution in [1.29, 1.82) is 0 Å². The lowest BCUT2D eigenvalue weighted by Gasteiger charge is -2.11. The lowest BCUT2D eigenvalue weighted by molar-refractivity contribution is 0.623. The summed E-state index contributed by atoms with van der Waals surface area (Å²) in [4.78, 5) is 0. The van der Waals surface area contributed by atoms with Gasteiger partial charge in [0.25, 0.3) is 0 Å². The Morgan fingerprint density at radius 1 is 1.11 bits per heavy atom. The first-order valence-corrected chi connectivity index (χ1v) is 6.34. The summed E-state index contributed by atoms with van der Waals surface area (Å²) < 4.78 is 27.8. The van der Waals surface area contributed by atoms with Crippen LogP contribution < -0.4 is 5.73 Å². The quantitative estimate of drug-likeness (QED) is 0.805. The predicted octanol–water partition coefficient (Wildman–Crippen LogP) is 4.51. The van der Waals surface area contributed by atoms with Crippen LogP contribution in [0.3, 0.4) is 0 Å². The van der Waals surface area contributed by atoms with Crippen molar-refractivity contribution >= 4 is 27.5 Å². The molecule has 0 atom stereocenters. The van der Waals surface area contributed by atoms with E-state index in [1.54, 1.807) is 18.2 Å². The Labute approximate surface area is 117 Å². The highest BCUT2D eigenvalue weighted by molar-refractivity contribution is 9.10. The van der Waals surface area contributed by atoms with Crippen molar-refractivity contribution in [2.24, 2.45) is 5.73 Å². The molecule has 0 amide bonds. The van der Waals surface area contributed by atoms with Crippen molar-refractivity contribution in [3.63, 3.8) is 0 Å². The Bertz CT molecular complexity index is 602. The molecule has 0 unspecified atom stereocenters. The van der Waals surface area contributed by atoms with Gasteiger partial charge in [0.15, 0.2) is 5.82 Å². The molecule has 0 aromatic heterocycles. The van der Waals surface area contributed by atoms with Crippen molar-refractivity contribution < 1.29 is 8.78 Å². The number of rotatable bonds is 2. The summed E-state index contributed by atoms with van der Waals surface area (Å²) >= 11 is 8.95. The number of hydrogen-bond donors (Lipinski definition) is 1. The Hall–Kier alpha value is -0.970. The molecule has 0 saturated carbocycles. The minimum atomic E-state index is -0.591. The van der Waals surface area contributed by atoms with Gasteiger partial charge in [-0.15, -0.1) is 0 Å². The molecule has 0 radical (unpaired) electrons. The molecule has 1 nitrogen and oxygen atoms in total. The summed E-state index contributed by atoms with van der Waals surface area (Å²) in [6, 6.07) is 7.25. The highest BCUT2D eigenvalue weighted by atomic mass is 79.9. The van der Waals surface area contributed by atoms with Crippen LogP contribution >= 0.6 is 27.5 Å². The minimum Gasteiger partial charge on any atom is -0.326 e. The number of benzene rings is 2. The molecule has 2 aromatic carbocycles. The van der Waals surface area contributed by atoms with Gasteiger partial charge in [-0.3, -0.25) is 0 Å². The molecule has 2 aromatic rings.